The summed E-state index contributed by atoms with van der Waals surface area (Å²) in [7, 11) is -9.97. The van der Waals surface area contributed by atoms with E-state index in [0.29, 0.717) is 25.7 Å². The molecular formula is C79H134O17P2. The molecule has 0 amide bonds. The van der Waals surface area contributed by atoms with Crippen LogP contribution in [-0.2, 0) is 65.4 Å². The van der Waals surface area contributed by atoms with Gasteiger partial charge >= 0.3 is 39.5 Å². The summed E-state index contributed by atoms with van der Waals surface area (Å²) >= 11 is 0. The van der Waals surface area contributed by atoms with Crippen LogP contribution >= 0.6 is 15.6 Å². The molecule has 0 aromatic carbocycles. The number of phosphoric acid groups is 2. The van der Waals surface area contributed by atoms with Crippen molar-refractivity contribution < 1.29 is 80.2 Å². The quantitative estimate of drug-likeness (QED) is 0.0169. The van der Waals surface area contributed by atoms with Gasteiger partial charge in [-0.2, -0.15) is 0 Å². The molecule has 0 spiro atoms. The van der Waals surface area contributed by atoms with Gasteiger partial charge in [-0.05, 0) is 135 Å². The lowest BCUT2D eigenvalue weighted by atomic mass is 10.1. The molecule has 0 aliphatic carbocycles. The molecule has 0 bridgehead atoms. The van der Waals surface area contributed by atoms with E-state index >= 15 is 0 Å². The smallest absolute Gasteiger partial charge is 0.462 e. The summed E-state index contributed by atoms with van der Waals surface area (Å²) < 4.78 is 68.4. The zero-order chi connectivity index (χ0) is 71.8. The number of esters is 4. The number of carbonyl (C=O) groups is 4. The first-order chi connectivity index (χ1) is 47.7. The van der Waals surface area contributed by atoms with E-state index in [4.69, 9.17) is 37.0 Å². The van der Waals surface area contributed by atoms with Crippen molar-refractivity contribution >= 4 is 39.5 Å². The first-order valence-electron chi connectivity index (χ1n) is 37.8. The topological polar surface area (TPSA) is 237 Å². The summed E-state index contributed by atoms with van der Waals surface area (Å²) in [6, 6.07) is 0. The second kappa shape index (κ2) is 70.9. The lowest BCUT2D eigenvalue weighted by molar-refractivity contribution is -0.161. The Kier molecular flexibility index (Phi) is 67.6. The van der Waals surface area contributed by atoms with E-state index in [-0.39, 0.29) is 25.7 Å². The zero-order valence-corrected chi connectivity index (χ0v) is 63.0. The van der Waals surface area contributed by atoms with Crippen LogP contribution in [0.15, 0.2) is 122 Å². The zero-order valence-electron chi connectivity index (χ0n) is 61.2. The molecule has 0 rings (SSSR count). The van der Waals surface area contributed by atoms with Gasteiger partial charge in [-0.15, -0.1) is 0 Å². The Morgan fingerprint density at radius 3 is 0.857 bits per heavy atom. The first kappa shape index (κ1) is 93.5. The molecule has 0 radical (unpaired) electrons. The minimum absolute atomic E-state index is 0.0676. The van der Waals surface area contributed by atoms with Gasteiger partial charge in [-0.25, -0.2) is 9.13 Å². The molecular weight excluding hydrogens is 1280 g/mol. The molecule has 0 aliphatic heterocycles. The molecule has 98 heavy (non-hydrogen) atoms. The predicted octanol–water partition coefficient (Wildman–Crippen LogP) is 21.6. The number of hydrogen-bond donors (Lipinski definition) is 3. The Balaban J connectivity index is 5.39. The van der Waals surface area contributed by atoms with Crippen LogP contribution in [-0.4, -0.2) is 96.7 Å². The van der Waals surface area contributed by atoms with Gasteiger partial charge in [0, 0.05) is 25.7 Å². The number of ether oxygens (including phenoxy) is 4. The Hall–Kier alpha value is -4.54. The lowest BCUT2D eigenvalue weighted by Crippen LogP contribution is -2.30. The van der Waals surface area contributed by atoms with Crippen molar-refractivity contribution in [2.24, 2.45) is 0 Å². The third kappa shape index (κ3) is 69.9. The minimum atomic E-state index is -4.99. The van der Waals surface area contributed by atoms with Crippen molar-refractivity contribution in [3.05, 3.63) is 122 Å². The molecule has 0 fully saturated rings. The van der Waals surface area contributed by atoms with Gasteiger partial charge in [0.05, 0.1) is 26.4 Å². The number of phosphoric ester groups is 2. The van der Waals surface area contributed by atoms with Crippen molar-refractivity contribution in [1.82, 2.24) is 0 Å². The molecule has 562 valence electrons. The van der Waals surface area contributed by atoms with Gasteiger partial charge in [0.25, 0.3) is 0 Å². The van der Waals surface area contributed by atoms with Crippen LogP contribution < -0.4 is 0 Å². The maximum atomic E-state index is 13.1. The summed E-state index contributed by atoms with van der Waals surface area (Å²) in [4.78, 5) is 72.8. The number of carbonyl (C=O) groups excluding carboxylic acids is 4. The fourth-order valence-electron chi connectivity index (χ4n) is 9.70. The molecule has 5 unspecified atom stereocenters. The summed E-state index contributed by atoms with van der Waals surface area (Å²) in [5.74, 6) is -2.26. The van der Waals surface area contributed by atoms with Crippen LogP contribution in [0.25, 0.3) is 0 Å². The Bertz CT molecular complexity index is 2340. The Labute approximate surface area is 593 Å². The van der Waals surface area contributed by atoms with Gasteiger partial charge in [-0.1, -0.05) is 258 Å². The fourth-order valence-corrected chi connectivity index (χ4v) is 11.3. The van der Waals surface area contributed by atoms with Crippen molar-refractivity contribution in [2.75, 3.05) is 39.6 Å². The maximum absolute atomic E-state index is 13.1. The molecule has 17 nitrogen and oxygen atoms in total. The number of unbranched alkanes of at least 4 members (excludes halogenated alkanes) is 24. The number of allylic oxidation sites excluding steroid dienone is 20. The third-order valence-corrected chi connectivity index (χ3v) is 17.3. The number of aliphatic hydroxyl groups excluding tert-OH is 1. The monoisotopic (exact) mass is 1420 g/mol. The highest BCUT2D eigenvalue weighted by Gasteiger charge is 2.30. The number of aliphatic hydroxyl groups is 1. The van der Waals surface area contributed by atoms with Crippen molar-refractivity contribution in [3.63, 3.8) is 0 Å². The van der Waals surface area contributed by atoms with Crippen LogP contribution in [0.1, 0.15) is 297 Å². The predicted molar refractivity (Wildman–Crippen MR) is 399 cm³/mol. The summed E-state index contributed by atoms with van der Waals surface area (Å²) in [5, 5.41) is 10.6. The van der Waals surface area contributed by atoms with Crippen molar-refractivity contribution in [3.8, 4) is 0 Å². The van der Waals surface area contributed by atoms with Crippen molar-refractivity contribution in [1.29, 1.82) is 0 Å². The van der Waals surface area contributed by atoms with Gasteiger partial charge in [0.15, 0.2) is 12.2 Å². The van der Waals surface area contributed by atoms with E-state index in [1.807, 2.05) is 0 Å². The van der Waals surface area contributed by atoms with Gasteiger partial charge < -0.3 is 33.8 Å². The first-order valence-corrected chi connectivity index (χ1v) is 40.8. The van der Waals surface area contributed by atoms with Crippen molar-refractivity contribution in [2.45, 2.75) is 316 Å². The number of hydrogen-bond acceptors (Lipinski definition) is 15. The minimum Gasteiger partial charge on any atom is -0.462 e. The van der Waals surface area contributed by atoms with Gasteiger partial charge in [-0.3, -0.25) is 37.3 Å². The SMILES string of the molecule is CC/C=C\C/C=C\C/C=C\C/C=C\CCCCCCC(=O)OCC(COP(=O)(O)OCC(O)COP(=O)(O)OCC(COC(=O)CCCC/C=C\C/C=C\C/C=C\C/C=C\CC)OC(=O)CCCCCCC/C=C\C/C=C\CCCCC)OC(=O)CCCCCCCCCCCCC. The van der Waals surface area contributed by atoms with E-state index in [2.05, 4.69) is 149 Å². The van der Waals surface area contributed by atoms with Gasteiger partial charge in [0.1, 0.15) is 19.3 Å². The molecule has 0 aliphatic rings. The van der Waals surface area contributed by atoms with E-state index in [9.17, 15) is 43.2 Å². The van der Waals surface area contributed by atoms with Crippen LogP contribution in [0.2, 0.25) is 0 Å². The van der Waals surface area contributed by atoms with Crippen LogP contribution in [0.4, 0.5) is 0 Å². The van der Waals surface area contributed by atoms with E-state index < -0.39 is 97.5 Å². The molecule has 0 aromatic rings. The van der Waals surface area contributed by atoms with E-state index in [0.717, 1.165) is 161 Å². The molecule has 0 saturated heterocycles. The summed E-state index contributed by atoms with van der Waals surface area (Å²) in [5.41, 5.74) is 0. The van der Waals surface area contributed by atoms with Crippen LogP contribution in [0.5, 0.6) is 0 Å². The average molecular weight is 1420 g/mol. The largest absolute Gasteiger partial charge is 0.472 e. The van der Waals surface area contributed by atoms with E-state index in [1.165, 1.54) is 57.8 Å². The molecule has 0 saturated carbocycles. The molecule has 0 heterocycles. The third-order valence-electron chi connectivity index (χ3n) is 15.4. The lowest BCUT2D eigenvalue weighted by Gasteiger charge is -2.21. The van der Waals surface area contributed by atoms with E-state index in [1.54, 1.807) is 0 Å². The Morgan fingerprint density at radius 1 is 0.296 bits per heavy atom. The molecule has 3 N–H and O–H groups in total. The normalized spacial score (nSPS) is 14.6. The second-order valence-electron chi connectivity index (χ2n) is 24.8. The highest BCUT2D eigenvalue weighted by molar-refractivity contribution is 7.47. The second-order valence-corrected chi connectivity index (χ2v) is 27.7. The fraction of sp³-hybridized carbons (Fsp3) is 0.696. The molecule has 5 atom stereocenters. The standard InChI is InChI=1S/C79H134O17P2/c1-5-9-13-17-21-25-29-32-35-36-39-41-45-48-52-56-60-64-77(82)89-69-74(95-78(83)65-61-57-53-49-43-28-24-20-16-12-8-4)71-93-97(85,86)91-67-73(80)68-92-98(87,88)94-72-75(96-79(84)66-62-58-54-50-46-42-38-34-31-27-23-19-15-11-7-3)70-90-76(81)63-59-55-51-47-44-40-37-33-30-26-22-18-14-10-6-2/h9-10,13-14,21-23,25-27,32-35,37-39,41,44,47,73-75,80H,5-8,11-12,15-20,24,28-31,36,40,42-43,45-46,48-72H2,1-4H3,(H,85,86)(H,87,88)/b13-9-,14-10-,25-21-,26-22-,27-23-,35-32-,37-33-,38-34-,41-39-,47-44-. The maximum Gasteiger partial charge on any atom is 0.472 e. The average Bonchev–Trinajstić information content (AvgIpc) is 0.986. The molecule has 19 heteroatoms. The summed E-state index contributed by atoms with van der Waals surface area (Å²) in [6.07, 6.45) is 76.2. The van der Waals surface area contributed by atoms with Crippen LogP contribution in [0.3, 0.4) is 0 Å². The highest BCUT2D eigenvalue weighted by Crippen LogP contribution is 2.45. The Morgan fingerprint density at radius 2 is 0.531 bits per heavy atom. The number of rotatable bonds is 70. The molecule has 0 aromatic heterocycles. The van der Waals surface area contributed by atoms with Crippen LogP contribution in [0, 0.1) is 0 Å². The highest BCUT2D eigenvalue weighted by atomic mass is 31.2. The summed E-state index contributed by atoms with van der Waals surface area (Å²) in [6.45, 7) is 4.52. The van der Waals surface area contributed by atoms with Gasteiger partial charge in [0.2, 0.25) is 0 Å².